The summed E-state index contributed by atoms with van der Waals surface area (Å²) in [4.78, 5) is 0. The maximum Gasteiger partial charge on any atom is 0.460 e. The first-order valence-electron chi connectivity index (χ1n) is 5.26. The summed E-state index contributed by atoms with van der Waals surface area (Å²) in [6.45, 7) is 0.856. The van der Waals surface area contributed by atoms with E-state index in [0.29, 0.717) is 12.8 Å². The van der Waals surface area contributed by atoms with E-state index in [0.717, 1.165) is 5.32 Å². The molecule has 0 saturated carbocycles. The molecule has 0 bridgehead atoms. The fourth-order valence-corrected chi connectivity index (χ4v) is 1.11. The van der Waals surface area contributed by atoms with Gasteiger partial charge < -0.3 is 0 Å². The summed E-state index contributed by atoms with van der Waals surface area (Å²) in [5.41, 5.74) is 0. The van der Waals surface area contributed by atoms with Gasteiger partial charge in [0.2, 0.25) is 0 Å². The first-order valence-corrected chi connectivity index (χ1v) is 5.26. The molecule has 0 aromatic carbocycles. The van der Waals surface area contributed by atoms with E-state index >= 15 is 0 Å². The lowest BCUT2D eigenvalue weighted by atomic mass is 10.1. The molecule has 19 heavy (non-hydrogen) atoms. The Bertz CT molecular complexity index is 284. The highest BCUT2D eigenvalue weighted by Gasteiger charge is 2.81. The van der Waals surface area contributed by atoms with Crippen molar-refractivity contribution in [2.24, 2.45) is 0 Å². The maximum absolute atomic E-state index is 12.8. The van der Waals surface area contributed by atoms with Gasteiger partial charge in [0.1, 0.15) is 0 Å². The van der Waals surface area contributed by atoms with Crippen LogP contribution in [0, 0.1) is 0 Å². The highest BCUT2D eigenvalue weighted by molar-refractivity contribution is 4.99. The third-order valence-electron chi connectivity index (χ3n) is 2.27. The van der Waals surface area contributed by atoms with Gasteiger partial charge >= 0.3 is 24.1 Å². The van der Waals surface area contributed by atoms with Crippen molar-refractivity contribution in [3.05, 3.63) is 0 Å². The molecule has 0 spiro atoms. The van der Waals surface area contributed by atoms with Crippen molar-refractivity contribution in [3.63, 3.8) is 0 Å². The highest BCUT2D eigenvalue weighted by atomic mass is 19.4. The minimum Gasteiger partial charge on any atom is -0.253 e. The average Bonchev–Trinajstić information content (AvgIpc) is 2.22. The zero-order valence-electron chi connectivity index (χ0n) is 9.73. The Hall–Kier alpha value is -0.670. The molecule has 0 aliphatic heterocycles. The van der Waals surface area contributed by atoms with Crippen molar-refractivity contribution in [3.8, 4) is 0 Å². The Morgan fingerprint density at radius 1 is 0.737 bits per heavy atom. The summed E-state index contributed by atoms with van der Waals surface area (Å²) < 4.78 is 111. The molecule has 0 atom stereocenters. The van der Waals surface area contributed by atoms with Crippen molar-refractivity contribution in [2.45, 2.75) is 50.3 Å². The van der Waals surface area contributed by atoms with E-state index in [4.69, 9.17) is 0 Å². The van der Waals surface area contributed by atoms with Crippen molar-refractivity contribution >= 4 is 0 Å². The molecule has 0 heterocycles. The van der Waals surface area contributed by atoms with E-state index in [9.17, 15) is 39.5 Å². The fourth-order valence-electron chi connectivity index (χ4n) is 1.11. The molecule has 0 aliphatic rings. The lowest BCUT2D eigenvalue weighted by Gasteiger charge is -2.33. The molecule has 1 N–H and O–H groups in total. The van der Waals surface area contributed by atoms with Gasteiger partial charge in [-0.15, -0.1) is 0 Å². The van der Waals surface area contributed by atoms with Crippen LogP contribution in [0.4, 0.5) is 39.5 Å². The Morgan fingerprint density at radius 3 is 1.58 bits per heavy atom. The molecular formula is C9H12F9N. The van der Waals surface area contributed by atoms with Gasteiger partial charge in [-0.2, -0.15) is 39.5 Å². The summed E-state index contributed by atoms with van der Waals surface area (Å²) in [5.74, 6) is -13.4. The molecule has 0 saturated heterocycles. The van der Waals surface area contributed by atoms with Crippen LogP contribution in [0.5, 0.6) is 0 Å². The van der Waals surface area contributed by atoms with Gasteiger partial charge in [0.25, 0.3) is 0 Å². The van der Waals surface area contributed by atoms with Crippen LogP contribution >= 0.6 is 0 Å². The maximum atomic E-state index is 12.8. The predicted octanol–water partition coefficient (Wildman–Crippen LogP) is 4.19. The minimum atomic E-state index is -6.83. The summed E-state index contributed by atoms with van der Waals surface area (Å²) in [6, 6.07) is -5.67. The van der Waals surface area contributed by atoms with Crippen LogP contribution in [0.25, 0.3) is 0 Å². The molecule has 0 aromatic heterocycles. The monoisotopic (exact) mass is 305 g/mol. The Kier molecular flexibility index (Phi) is 5.56. The van der Waals surface area contributed by atoms with Crippen LogP contribution in [-0.4, -0.2) is 30.6 Å². The van der Waals surface area contributed by atoms with Crippen molar-refractivity contribution in [1.82, 2.24) is 5.32 Å². The number of nitrogens with one attached hydrogen (secondary N) is 1. The molecular weight excluding hydrogens is 293 g/mol. The standard InChI is InChI=1S/C9H12F9N/c1-2-3-4-5-19-9(17,18)7(12,13)6(10,11)8(14,15)16/h19H,2-5H2,1H3. The van der Waals surface area contributed by atoms with Gasteiger partial charge in [0, 0.05) is 6.54 Å². The summed E-state index contributed by atoms with van der Waals surface area (Å²) in [5, 5.41) is 0.749. The van der Waals surface area contributed by atoms with Crippen LogP contribution < -0.4 is 5.32 Å². The van der Waals surface area contributed by atoms with Gasteiger partial charge in [0.05, 0.1) is 0 Å². The second-order valence-electron chi connectivity index (χ2n) is 3.85. The third kappa shape index (κ3) is 3.67. The number of unbranched alkanes of at least 4 members (excludes halogenated alkanes) is 2. The van der Waals surface area contributed by atoms with Crippen LogP contribution in [0.1, 0.15) is 26.2 Å². The summed E-state index contributed by atoms with van der Waals surface area (Å²) >= 11 is 0. The lowest BCUT2D eigenvalue weighted by Crippen LogP contribution is -2.65. The van der Waals surface area contributed by atoms with Crippen LogP contribution in [0.3, 0.4) is 0 Å². The lowest BCUT2D eigenvalue weighted by molar-refractivity contribution is -0.400. The highest BCUT2D eigenvalue weighted by Crippen LogP contribution is 2.52. The quantitative estimate of drug-likeness (QED) is 0.422. The van der Waals surface area contributed by atoms with E-state index in [-0.39, 0.29) is 6.42 Å². The number of alkyl halides is 9. The molecule has 0 rings (SSSR count). The molecule has 10 heteroatoms. The second kappa shape index (κ2) is 5.76. The van der Waals surface area contributed by atoms with Crippen molar-refractivity contribution < 1.29 is 39.5 Å². The van der Waals surface area contributed by atoms with E-state index in [1.807, 2.05) is 0 Å². The largest absolute Gasteiger partial charge is 0.460 e. The first-order chi connectivity index (χ1) is 8.31. The fraction of sp³-hybridized carbons (Fsp3) is 1.00. The number of halogens is 9. The first kappa shape index (κ1) is 18.3. The minimum absolute atomic E-state index is 0.0558. The Balaban J connectivity index is 4.96. The van der Waals surface area contributed by atoms with Gasteiger partial charge in [-0.3, -0.25) is 5.32 Å². The number of hydrogen-bond donors (Lipinski definition) is 1. The Labute approximate surface area is 103 Å². The van der Waals surface area contributed by atoms with E-state index in [2.05, 4.69) is 0 Å². The summed E-state index contributed by atoms with van der Waals surface area (Å²) in [6.07, 6.45) is -5.96. The molecule has 0 aromatic rings. The molecule has 0 fully saturated rings. The molecule has 0 aliphatic carbocycles. The van der Waals surface area contributed by atoms with Gasteiger partial charge in [-0.25, -0.2) is 0 Å². The molecule has 116 valence electrons. The number of rotatable bonds is 7. The van der Waals surface area contributed by atoms with Crippen molar-refractivity contribution in [2.75, 3.05) is 6.54 Å². The molecule has 0 amide bonds. The zero-order chi connectivity index (χ0) is 15.5. The summed E-state index contributed by atoms with van der Waals surface area (Å²) in [7, 11) is 0. The smallest absolute Gasteiger partial charge is 0.253 e. The van der Waals surface area contributed by atoms with E-state index < -0.39 is 30.6 Å². The average molecular weight is 305 g/mol. The Morgan fingerprint density at radius 2 is 1.21 bits per heavy atom. The van der Waals surface area contributed by atoms with E-state index in [1.54, 1.807) is 6.92 Å². The van der Waals surface area contributed by atoms with Gasteiger partial charge in [-0.05, 0) is 6.42 Å². The predicted molar refractivity (Wildman–Crippen MR) is 48.4 cm³/mol. The third-order valence-corrected chi connectivity index (χ3v) is 2.27. The van der Waals surface area contributed by atoms with Crippen molar-refractivity contribution in [1.29, 1.82) is 0 Å². The molecule has 0 unspecified atom stereocenters. The van der Waals surface area contributed by atoms with Crippen LogP contribution in [0.15, 0.2) is 0 Å². The van der Waals surface area contributed by atoms with E-state index in [1.165, 1.54) is 0 Å². The number of hydrogen-bond acceptors (Lipinski definition) is 1. The van der Waals surface area contributed by atoms with Crippen LogP contribution in [0.2, 0.25) is 0 Å². The second-order valence-corrected chi connectivity index (χ2v) is 3.85. The topological polar surface area (TPSA) is 12.0 Å². The zero-order valence-corrected chi connectivity index (χ0v) is 9.73. The molecule has 1 nitrogen and oxygen atoms in total. The normalized spacial score (nSPS) is 14.8. The van der Waals surface area contributed by atoms with Crippen LogP contribution in [-0.2, 0) is 0 Å². The van der Waals surface area contributed by atoms with Gasteiger partial charge in [-0.1, -0.05) is 19.8 Å². The van der Waals surface area contributed by atoms with Gasteiger partial charge in [0.15, 0.2) is 0 Å². The SMILES string of the molecule is CCCCCNC(F)(F)C(F)(F)C(F)(F)C(F)(F)F. The molecule has 0 radical (unpaired) electrons.